The second kappa shape index (κ2) is 13.2. The van der Waals surface area contributed by atoms with Crippen molar-refractivity contribution in [2.75, 3.05) is 4.90 Å². The molecule has 9 aromatic carbocycles. The molecular formula is C57H40N2O. The lowest BCUT2D eigenvalue weighted by atomic mass is 9.81. The Morgan fingerprint density at radius 3 is 1.70 bits per heavy atom. The topological polar surface area (TPSA) is 21.3 Å². The summed E-state index contributed by atoms with van der Waals surface area (Å²) in [6.45, 7) is 4.74. The van der Waals surface area contributed by atoms with Crippen LogP contribution in [0.4, 0.5) is 17.1 Å². The van der Waals surface area contributed by atoms with Gasteiger partial charge in [0.15, 0.2) is 0 Å². The number of anilines is 3. The highest BCUT2D eigenvalue weighted by Gasteiger charge is 2.36. The van der Waals surface area contributed by atoms with Crippen molar-refractivity contribution in [1.82, 2.24) is 4.57 Å². The summed E-state index contributed by atoms with van der Waals surface area (Å²) in [7, 11) is 0. The molecule has 2 aromatic heterocycles. The zero-order valence-electron chi connectivity index (χ0n) is 33.4. The summed E-state index contributed by atoms with van der Waals surface area (Å²) in [5.74, 6) is 0. The Morgan fingerprint density at radius 2 is 0.967 bits per heavy atom. The number of furan rings is 1. The maximum atomic E-state index is 6.58. The number of benzene rings is 9. The van der Waals surface area contributed by atoms with Crippen molar-refractivity contribution >= 4 is 60.8 Å². The first-order chi connectivity index (χ1) is 29.5. The van der Waals surface area contributed by atoms with Crippen LogP contribution >= 0.6 is 0 Å². The van der Waals surface area contributed by atoms with E-state index in [1.807, 2.05) is 6.07 Å². The fourth-order valence-corrected chi connectivity index (χ4v) is 9.82. The van der Waals surface area contributed by atoms with Crippen LogP contribution < -0.4 is 4.90 Å². The number of aromatic nitrogens is 1. The Morgan fingerprint density at radius 1 is 0.417 bits per heavy atom. The van der Waals surface area contributed by atoms with Gasteiger partial charge in [-0.1, -0.05) is 141 Å². The first-order valence-electron chi connectivity index (χ1n) is 20.8. The summed E-state index contributed by atoms with van der Waals surface area (Å²) in [6, 6.07) is 74.8. The Hall–Kier alpha value is -7.62. The summed E-state index contributed by atoms with van der Waals surface area (Å²) in [5, 5.41) is 4.60. The molecule has 0 radical (unpaired) electrons. The Kier molecular flexibility index (Phi) is 7.58. The molecule has 60 heavy (non-hydrogen) atoms. The smallest absolute Gasteiger partial charge is 0.145 e. The highest BCUT2D eigenvalue weighted by atomic mass is 16.3. The molecule has 1 aliphatic carbocycles. The second-order valence-corrected chi connectivity index (χ2v) is 16.5. The highest BCUT2D eigenvalue weighted by molar-refractivity contribution is 6.23. The lowest BCUT2D eigenvalue weighted by molar-refractivity contribution is 0.660. The van der Waals surface area contributed by atoms with E-state index < -0.39 is 0 Å². The van der Waals surface area contributed by atoms with E-state index in [2.05, 4.69) is 224 Å². The molecule has 0 saturated carbocycles. The number of rotatable bonds is 6. The van der Waals surface area contributed by atoms with Gasteiger partial charge in [0.2, 0.25) is 0 Å². The van der Waals surface area contributed by atoms with Gasteiger partial charge in [0, 0.05) is 44.3 Å². The van der Waals surface area contributed by atoms with E-state index in [-0.39, 0.29) is 5.41 Å². The predicted molar refractivity (Wildman–Crippen MR) is 251 cm³/mol. The van der Waals surface area contributed by atoms with Gasteiger partial charge < -0.3 is 13.9 Å². The van der Waals surface area contributed by atoms with Gasteiger partial charge in [-0.15, -0.1) is 0 Å². The minimum Gasteiger partial charge on any atom is -0.455 e. The average Bonchev–Trinajstić information content (AvgIpc) is 3.93. The third-order valence-corrected chi connectivity index (χ3v) is 12.8. The minimum absolute atomic E-state index is 0.181. The molecule has 2 heterocycles. The molecule has 0 spiro atoms. The van der Waals surface area contributed by atoms with E-state index in [1.165, 1.54) is 49.9 Å². The third-order valence-electron chi connectivity index (χ3n) is 12.8. The molecule has 3 heteroatoms. The zero-order valence-corrected chi connectivity index (χ0v) is 33.4. The number of para-hydroxylation sites is 2. The average molecular weight is 769 g/mol. The lowest BCUT2D eigenvalue weighted by Gasteiger charge is -2.28. The van der Waals surface area contributed by atoms with Gasteiger partial charge in [-0.2, -0.15) is 0 Å². The summed E-state index contributed by atoms with van der Waals surface area (Å²) < 4.78 is 8.95. The van der Waals surface area contributed by atoms with Crippen LogP contribution in [0.15, 0.2) is 211 Å². The SMILES string of the molecule is CC1(C)c2cc(-c3ccccc3)ccc2-c2ccc(N(c3ccc(-c4ccccc4)cc3)c3ccc(-n4c5ccccc5c5c6oc7ccccc7c6ccc54)cc3)cc21. The molecule has 0 aliphatic heterocycles. The van der Waals surface area contributed by atoms with E-state index in [0.717, 1.165) is 61.1 Å². The van der Waals surface area contributed by atoms with Crippen LogP contribution in [-0.2, 0) is 5.41 Å². The fraction of sp³-hybridized carbons (Fsp3) is 0.0526. The van der Waals surface area contributed by atoms with Crippen LogP contribution in [0, 0.1) is 0 Å². The molecule has 1 aliphatic rings. The van der Waals surface area contributed by atoms with Crippen molar-refractivity contribution in [3.8, 4) is 39.1 Å². The molecule has 0 unspecified atom stereocenters. The molecular weight excluding hydrogens is 729 g/mol. The standard InChI is InChI=1S/C57H40N2O/c1-57(2)50-35-40(38-15-7-4-8-16-38)23-31-45(50)46-32-30-44(36-51(46)57)58(41-24-21-39(22-25-41)37-13-5-3-6-14-37)42-26-28-43(29-27-42)59-52-19-11-9-18-49(52)55-53(59)34-33-48-47-17-10-12-20-54(47)60-56(48)55/h3-36H,1-2H3. The Bertz CT molecular complexity index is 3430. The quantitative estimate of drug-likeness (QED) is 0.168. The third kappa shape index (κ3) is 5.22. The van der Waals surface area contributed by atoms with Crippen LogP contribution in [0.25, 0.3) is 82.8 Å². The van der Waals surface area contributed by atoms with Gasteiger partial charge in [-0.05, 0) is 123 Å². The summed E-state index contributed by atoms with van der Waals surface area (Å²) >= 11 is 0. The van der Waals surface area contributed by atoms with E-state index in [1.54, 1.807) is 0 Å². The largest absolute Gasteiger partial charge is 0.455 e. The molecule has 0 N–H and O–H groups in total. The molecule has 0 atom stereocenters. The lowest BCUT2D eigenvalue weighted by Crippen LogP contribution is -2.16. The molecule has 3 nitrogen and oxygen atoms in total. The van der Waals surface area contributed by atoms with Crippen LogP contribution in [0.2, 0.25) is 0 Å². The van der Waals surface area contributed by atoms with E-state index in [4.69, 9.17) is 4.42 Å². The van der Waals surface area contributed by atoms with Gasteiger partial charge in [0.1, 0.15) is 11.2 Å². The van der Waals surface area contributed by atoms with E-state index in [9.17, 15) is 0 Å². The van der Waals surface area contributed by atoms with Gasteiger partial charge in [0.05, 0.1) is 16.4 Å². The maximum Gasteiger partial charge on any atom is 0.145 e. The molecule has 0 saturated heterocycles. The van der Waals surface area contributed by atoms with Crippen molar-refractivity contribution in [2.45, 2.75) is 19.3 Å². The van der Waals surface area contributed by atoms with Crippen molar-refractivity contribution in [1.29, 1.82) is 0 Å². The molecule has 0 amide bonds. The van der Waals surface area contributed by atoms with Crippen molar-refractivity contribution in [2.24, 2.45) is 0 Å². The Balaban J connectivity index is 0.989. The Labute approximate surface area is 349 Å². The summed E-state index contributed by atoms with van der Waals surface area (Å²) in [4.78, 5) is 2.40. The summed E-state index contributed by atoms with van der Waals surface area (Å²) in [6.07, 6.45) is 0. The van der Waals surface area contributed by atoms with Crippen molar-refractivity contribution in [3.05, 3.63) is 217 Å². The first kappa shape index (κ1) is 34.4. The minimum atomic E-state index is -0.181. The van der Waals surface area contributed by atoms with Gasteiger partial charge >= 0.3 is 0 Å². The number of hydrogen-bond acceptors (Lipinski definition) is 2. The maximum absolute atomic E-state index is 6.58. The number of fused-ring (bicyclic) bond motifs is 10. The molecule has 12 rings (SSSR count). The molecule has 0 fully saturated rings. The van der Waals surface area contributed by atoms with Crippen molar-refractivity contribution < 1.29 is 4.42 Å². The molecule has 284 valence electrons. The van der Waals surface area contributed by atoms with E-state index >= 15 is 0 Å². The van der Waals surface area contributed by atoms with Crippen LogP contribution in [0.5, 0.6) is 0 Å². The van der Waals surface area contributed by atoms with Gasteiger partial charge in [0.25, 0.3) is 0 Å². The van der Waals surface area contributed by atoms with Crippen LogP contribution in [0.1, 0.15) is 25.0 Å². The number of hydrogen-bond donors (Lipinski definition) is 0. The number of nitrogens with zero attached hydrogens (tertiary/aromatic N) is 2. The fourth-order valence-electron chi connectivity index (χ4n) is 9.82. The highest BCUT2D eigenvalue weighted by Crippen LogP contribution is 2.52. The van der Waals surface area contributed by atoms with Gasteiger partial charge in [-0.25, -0.2) is 0 Å². The van der Waals surface area contributed by atoms with Crippen LogP contribution in [0.3, 0.4) is 0 Å². The summed E-state index contributed by atoms with van der Waals surface area (Å²) in [5.41, 5.74) is 18.6. The monoisotopic (exact) mass is 768 g/mol. The normalized spacial score (nSPS) is 13.0. The second-order valence-electron chi connectivity index (χ2n) is 16.5. The predicted octanol–water partition coefficient (Wildman–Crippen LogP) is 15.8. The molecule has 0 bridgehead atoms. The first-order valence-corrected chi connectivity index (χ1v) is 20.8. The van der Waals surface area contributed by atoms with Gasteiger partial charge in [-0.3, -0.25) is 0 Å². The zero-order chi connectivity index (χ0) is 40.0. The van der Waals surface area contributed by atoms with Crippen LogP contribution in [-0.4, -0.2) is 4.57 Å². The molecule has 11 aromatic rings. The van der Waals surface area contributed by atoms with Crippen molar-refractivity contribution in [3.63, 3.8) is 0 Å². The van der Waals surface area contributed by atoms with E-state index in [0.29, 0.717) is 0 Å².